The summed E-state index contributed by atoms with van der Waals surface area (Å²) in [6.45, 7) is 4.93. The van der Waals surface area contributed by atoms with Gasteiger partial charge in [0.05, 0.1) is 25.4 Å². The van der Waals surface area contributed by atoms with Crippen molar-refractivity contribution in [2.45, 2.75) is 463 Å². The highest BCUT2D eigenvalue weighted by Gasteiger charge is 2.18. The molecule has 0 spiro atoms. The minimum absolute atomic E-state index is 0.0144. The van der Waals surface area contributed by atoms with Crippen molar-refractivity contribution in [3.8, 4) is 0 Å². The van der Waals surface area contributed by atoms with Crippen molar-refractivity contribution < 1.29 is 24.5 Å². The van der Waals surface area contributed by atoms with E-state index in [0.717, 1.165) is 51.4 Å². The van der Waals surface area contributed by atoms with Gasteiger partial charge in [0.15, 0.2) is 0 Å². The van der Waals surface area contributed by atoms with Gasteiger partial charge in [0.2, 0.25) is 5.91 Å². The zero-order valence-corrected chi connectivity index (χ0v) is 60.9. The van der Waals surface area contributed by atoms with E-state index in [1.807, 2.05) is 6.08 Å². The topological polar surface area (TPSA) is 95.9 Å². The predicted octanol–water partition coefficient (Wildman–Crippen LogP) is 27.2. The van der Waals surface area contributed by atoms with Crippen molar-refractivity contribution in [2.24, 2.45) is 0 Å². The summed E-state index contributed by atoms with van der Waals surface area (Å²) < 4.78 is 5.51. The van der Waals surface area contributed by atoms with Crippen LogP contribution in [-0.4, -0.2) is 47.4 Å². The smallest absolute Gasteiger partial charge is 0.305 e. The third-order valence-electron chi connectivity index (χ3n) is 19.1. The van der Waals surface area contributed by atoms with E-state index < -0.39 is 12.1 Å². The summed E-state index contributed by atoms with van der Waals surface area (Å²) in [5.41, 5.74) is 0. The number of unbranched alkanes of at least 4 members (excludes halogenated alkanes) is 60. The summed E-state index contributed by atoms with van der Waals surface area (Å²) in [5, 5.41) is 23.3. The van der Waals surface area contributed by atoms with Gasteiger partial charge < -0.3 is 20.3 Å². The van der Waals surface area contributed by atoms with Crippen molar-refractivity contribution in [2.75, 3.05) is 13.2 Å². The molecule has 0 radical (unpaired) electrons. The number of amides is 1. The number of nitrogens with one attached hydrogen (secondary N) is 1. The van der Waals surface area contributed by atoms with Gasteiger partial charge in [0.25, 0.3) is 0 Å². The minimum Gasteiger partial charge on any atom is -0.466 e. The number of aliphatic hydroxyl groups excluding tert-OH is 2. The minimum atomic E-state index is -0.843. The Labute approximate surface area is 563 Å². The van der Waals surface area contributed by atoms with Crippen molar-refractivity contribution in [3.05, 3.63) is 48.6 Å². The van der Waals surface area contributed by atoms with E-state index in [1.165, 1.54) is 372 Å². The largest absolute Gasteiger partial charge is 0.466 e. The normalized spacial score (nSPS) is 12.7. The molecule has 2 atom stereocenters. The molecular formula is C84H159NO5. The molecule has 0 fully saturated rings. The van der Waals surface area contributed by atoms with Gasteiger partial charge in [-0.15, -0.1) is 0 Å². The van der Waals surface area contributed by atoms with E-state index >= 15 is 0 Å². The van der Waals surface area contributed by atoms with Crippen LogP contribution < -0.4 is 5.32 Å². The van der Waals surface area contributed by atoms with E-state index in [-0.39, 0.29) is 18.5 Å². The number of hydrogen-bond donors (Lipinski definition) is 3. The molecular weight excluding hydrogens is 1100 g/mol. The Hall–Kier alpha value is -2.18. The first-order chi connectivity index (χ1) is 44.5. The molecule has 0 aliphatic carbocycles. The fourth-order valence-electron chi connectivity index (χ4n) is 12.8. The highest BCUT2D eigenvalue weighted by atomic mass is 16.5. The lowest BCUT2D eigenvalue weighted by molar-refractivity contribution is -0.143. The second-order valence-corrected chi connectivity index (χ2v) is 28.1. The predicted molar refractivity (Wildman–Crippen MR) is 398 cm³/mol. The summed E-state index contributed by atoms with van der Waals surface area (Å²) in [6.07, 6.45) is 105. The van der Waals surface area contributed by atoms with Gasteiger partial charge in [-0.3, -0.25) is 9.59 Å². The Morgan fingerprint density at radius 3 is 0.867 bits per heavy atom. The number of allylic oxidation sites excluding steroid dienone is 7. The van der Waals surface area contributed by atoms with Crippen LogP contribution in [0, 0.1) is 0 Å². The number of carbonyl (C=O) groups is 2. The number of aliphatic hydroxyl groups is 2. The molecule has 90 heavy (non-hydrogen) atoms. The molecule has 6 heteroatoms. The molecule has 3 N–H and O–H groups in total. The molecule has 0 aromatic heterocycles. The summed E-state index contributed by atoms with van der Waals surface area (Å²) >= 11 is 0. The third kappa shape index (κ3) is 74.9. The van der Waals surface area contributed by atoms with E-state index in [4.69, 9.17) is 4.74 Å². The molecule has 0 aromatic rings. The molecule has 6 nitrogen and oxygen atoms in total. The van der Waals surface area contributed by atoms with E-state index in [1.54, 1.807) is 6.08 Å². The van der Waals surface area contributed by atoms with Crippen LogP contribution in [0.1, 0.15) is 450 Å². The number of carbonyl (C=O) groups excluding carboxylic acids is 2. The number of rotatable bonds is 77. The summed E-state index contributed by atoms with van der Waals surface area (Å²) in [7, 11) is 0. The lowest BCUT2D eigenvalue weighted by Gasteiger charge is -2.20. The van der Waals surface area contributed by atoms with E-state index in [9.17, 15) is 19.8 Å². The summed E-state index contributed by atoms with van der Waals surface area (Å²) in [6, 6.07) is -0.626. The third-order valence-corrected chi connectivity index (χ3v) is 19.1. The molecule has 1 amide bonds. The van der Waals surface area contributed by atoms with Crippen molar-refractivity contribution in [3.63, 3.8) is 0 Å². The first-order valence-electron chi connectivity index (χ1n) is 40.9. The summed E-state index contributed by atoms with van der Waals surface area (Å²) in [4.78, 5) is 24.6. The van der Waals surface area contributed by atoms with Gasteiger partial charge in [0, 0.05) is 12.8 Å². The van der Waals surface area contributed by atoms with Gasteiger partial charge in [-0.1, -0.05) is 396 Å². The molecule has 0 rings (SSSR count). The van der Waals surface area contributed by atoms with Crippen LogP contribution in [0.25, 0.3) is 0 Å². The molecule has 0 aromatic carbocycles. The standard InChI is InChI=1S/C84H159NO5/c1-3-5-7-9-11-13-15-17-19-21-44-48-52-56-60-64-68-72-76-82(87)81(80-86)85-83(88)77-73-69-65-61-57-53-49-45-42-40-38-36-34-32-30-28-26-24-23-25-27-29-31-33-35-37-39-41-43-47-51-55-59-63-67-71-75-79-90-84(89)78-74-70-66-62-58-54-50-46-22-20-18-16-14-12-10-8-6-4-2/h14,16,20,22-23,25,72,76,81-82,86-87H,3-13,15,17-19,21,24,26-71,73-75,77-80H2,1-2H3,(H,85,88)/b16-14-,22-20-,25-23-,76-72+. The fourth-order valence-corrected chi connectivity index (χ4v) is 12.8. The number of ether oxygens (including phenoxy) is 1. The van der Waals surface area contributed by atoms with Gasteiger partial charge in [-0.05, 0) is 89.9 Å². The zero-order chi connectivity index (χ0) is 64.9. The fraction of sp³-hybridized carbons (Fsp3) is 0.881. The maximum atomic E-state index is 12.5. The van der Waals surface area contributed by atoms with Crippen LogP contribution >= 0.6 is 0 Å². The van der Waals surface area contributed by atoms with Crippen molar-refractivity contribution in [1.29, 1.82) is 0 Å². The van der Waals surface area contributed by atoms with Crippen LogP contribution in [-0.2, 0) is 14.3 Å². The lowest BCUT2D eigenvalue weighted by atomic mass is 10.0. The maximum Gasteiger partial charge on any atom is 0.305 e. The second kappa shape index (κ2) is 79.3. The Morgan fingerprint density at radius 1 is 0.311 bits per heavy atom. The van der Waals surface area contributed by atoms with Crippen LogP contribution in [0.2, 0.25) is 0 Å². The van der Waals surface area contributed by atoms with Crippen LogP contribution in [0.3, 0.4) is 0 Å². The van der Waals surface area contributed by atoms with Gasteiger partial charge in [0.1, 0.15) is 0 Å². The molecule has 0 aliphatic rings. The maximum absolute atomic E-state index is 12.5. The quantitative estimate of drug-likeness (QED) is 0.0320. The Balaban J connectivity index is 3.35. The molecule has 530 valence electrons. The molecule has 0 saturated heterocycles. The second-order valence-electron chi connectivity index (χ2n) is 28.1. The monoisotopic (exact) mass is 1260 g/mol. The first-order valence-corrected chi connectivity index (χ1v) is 40.9. The number of esters is 1. The molecule has 2 unspecified atom stereocenters. The molecule has 0 saturated carbocycles. The van der Waals surface area contributed by atoms with Crippen LogP contribution in [0.4, 0.5) is 0 Å². The van der Waals surface area contributed by atoms with E-state index in [0.29, 0.717) is 19.4 Å². The van der Waals surface area contributed by atoms with E-state index in [2.05, 4.69) is 55.6 Å². The lowest BCUT2D eigenvalue weighted by Crippen LogP contribution is -2.45. The average molecular weight is 1260 g/mol. The van der Waals surface area contributed by atoms with Crippen molar-refractivity contribution in [1.82, 2.24) is 5.32 Å². The first kappa shape index (κ1) is 87.8. The zero-order valence-electron chi connectivity index (χ0n) is 60.9. The van der Waals surface area contributed by atoms with Crippen LogP contribution in [0.5, 0.6) is 0 Å². The summed E-state index contributed by atoms with van der Waals surface area (Å²) in [5.74, 6) is -0.0460. The molecule has 0 bridgehead atoms. The van der Waals surface area contributed by atoms with Crippen molar-refractivity contribution >= 4 is 11.9 Å². The Bertz CT molecular complexity index is 1500. The Kier molecular flexibility index (Phi) is 77.3. The van der Waals surface area contributed by atoms with Gasteiger partial charge in [-0.25, -0.2) is 0 Å². The Morgan fingerprint density at radius 2 is 0.556 bits per heavy atom. The molecule has 0 aliphatic heterocycles. The van der Waals surface area contributed by atoms with Crippen LogP contribution in [0.15, 0.2) is 48.6 Å². The highest BCUT2D eigenvalue weighted by molar-refractivity contribution is 5.76. The SMILES string of the molecule is CCCCCC/C=C\C/C=C\CCCCCCCCCC(=O)OCCCCCCCCCCCCCCCCCC/C=C\CCCCCCCCCCCCCCCCCCCC(=O)NC(CO)C(O)/C=C/CCCCCCCCCCCCCCCCCC. The number of hydrogen-bond acceptors (Lipinski definition) is 5. The molecule has 0 heterocycles. The highest BCUT2D eigenvalue weighted by Crippen LogP contribution is 2.20. The van der Waals surface area contributed by atoms with Gasteiger partial charge >= 0.3 is 5.97 Å². The van der Waals surface area contributed by atoms with Gasteiger partial charge in [-0.2, -0.15) is 0 Å². The average Bonchev–Trinajstić information content (AvgIpc) is 3.69.